The Labute approximate surface area is 251 Å². The summed E-state index contributed by atoms with van der Waals surface area (Å²) >= 11 is 0. The maximum absolute atomic E-state index is 12.4. The largest absolute Gasteiger partial charge is 0.481 e. The highest BCUT2D eigenvalue weighted by Crippen LogP contribution is 2.33. The van der Waals surface area contributed by atoms with E-state index in [1.807, 2.05) is 40.7 Å². The van der Waals surface area contributed by atoms with Crippen LogP contribution in [0.25, 0.3) is 6.08 Å². The highest BCUT2D eigenvalue weighted by Gasteiger charge is 2.34. The van der Waals surface area contributed by atoms with Crippen molar-refractivity contribution < 1.29 is 29.4 Å². The molecule has 2 aliphatic rings. The molecule has 0 aromatic carbocycles. The van der Waals surface area contributed by atoms with E-state index in [2.05, 4.69) is 27.2 Å². The van der Waals surface area contributed by atoms with E-state index in [0.717, 1.165) is 68.3 Å². The third-order valence-electron chi connectivity index (χ3n) is 9.11. The lowest BCUT2D eigenvalue weighted by Gasteiger charge is -2.11. The van der Waals surface area contributed by atoms with E-state index >= 15 is 0 Å². The molecule has 2 aliphatic heterocycles. The summed E-state index contributed by atoms with van der Waals surface area (Å²) in [4.78, 5) is 59.2. The van der Waals surface area contributed by atoms with Crippen molar-refractivity contribution in [2.75, 3.05) is 0 Å². The predicted molar refractivity (Wildman–Crippen MR) is 164 cm³/mol. The lowest BCUT2D eigenvalue weighted by molar-refractivity contribution is -0.138. The van der Waals surface area contributed by atoms with E-state index in [9.17, 15) is 29.4 Å². The van der Waals surface area contributed by atoms with Gasteiger partial charge in [-0.25, -0.2) is 4.99 Å². The molecule has 4 heterocycles. The molecule has 1 saturated heterocycles. The molecule has 1 fully saturated rings. The van der Waals surface area contributed by atoms with Crippen molar-refractivity contribution in [3.63, 3.8) is 0 Å². The zero-order chi connectivity index (χ0) is 31.6. The molecule has 0 bridgehead atoms. The van der Waals surface area contributed by atoms with Gasteiger partial charge < -0.3 is 25.5 Å². The lowest BCUT2D eigenvalue weighted by atomic mass is 9.92. The molecule has 2 atom stereocenters. The third-order valence-corrected chi connectivity index (χ3v) is 9.11. The highest BCUT2D eigenvalue weighted by atomic mass is 16.4. The summed E-state index contributed by atoms with van der Waals surface area (Å²) in [6.45, 7) is 11.7. The highest BCUT2D eigenvalue weighted by molar-refractivity contribution is 6.19. The number of hydrogen-bond donors (Lipinski definition) is 5. The summed E-state index contributed by atoms with van der Waals surface area (Å²) < 4.78 is 0. The first-order chi connectivity index (χ1) is 20.4. The SMILES string of the molecule is CCC1=C(C)C(Cc2[nH]c(Cc3[nH]c(/C=C4\NC(=O)[C@H](C)[C@H]4CC)c(C)c3CCC(=O)O)c(CCC(=O)O)c2C)=NC1=O. The second-order valence-corrected chi connectivity index (χ2v) is 11.7. The summed E-state index contributed by atoms with van der Waals surface area (Å²) in [6, 6.07) is 0. The van der Waals surface area contributed by atoms with Crippen LogP contribution >= 0.6 is 0 Å². The fraction of sp³-hybridized carbons (Fsp3) is 0.485. The first kappa shape index (κ1) is 31.7. The number of rotatable bonds is 13. The summed E-state index contributed by atoms with van der Waals surface area (Å²) in [5.74, 6) is -2.03. The van der Waals surface area contributed by atoms with Gasteiger partial charge in [0.2, 0.25) is 5.91 Å². The van der Waals surface area contributed by atoms with Crippen LogP contribution in [0.1, 0.15) is 98.4 Å². The molecule has 0 aliphatic carbocycles. The number of aliphatic imine (C=N–C) groups is 1. The second-order valence-electron chi connectivity index (χ2n) is 11.7. The molecule has 10 nitrogen and oxygen atoms in total. The van der Waals surface area contributed by atoms with Crippen LogP contribution in [0.4, 0.5) is 0 Å². The standard InChI is InChI=1S/C33H42N4O6/c1-7-20-19(6)32(42)37-27(20)14-25-18(5)23(10-12-31(40)41)29(35-25)15-28-22(9-11-30(38)39)17(4)24(34-28)13-26-16(3)21(8-2)33(43)36-26/h14,19-20,34-35H,7-13,15H2,1-6H3,(H,37,42)(H,38,39)(H,40,41)/b27-14-/t19-,20-/m1/s1. The van der Waals surface area contributed by atoms with Gasteiger partial charge in [0.15, 0.2) is 0 Å². The van der Waals surface area contributed by atoms with Gasteiger partial charge in [-0.15, -0.1) is 0 Å². The zero-order valence-corrected chi connectivity index (χ0v) is 25.9. The number of H-pyrrole nitrogens is 2. The first-order valence-electron chi connectivity index (χ1n) is 15.0. The number of nitrogens with zero attached hydrogens (tertiary/aromatic N) is 1. The van der Waals surface area contributed by atoms with Gasteiger partial charge in [0.1, 0.15) is 0 Å². The maximum Gasteiger partial charge on any atom is 0.303 e. The number of nitrogens with one attached hydrogen (secondary N) is 3. The Kier molecular flexibility index (Phi) is 9.57. The van der Waals surface area contributed by atoms with Crippen LogP contribution in [0.15, 0.2) is 21.8 Å². The predicted octanol–water partition coefficient (Wildman–Crippen LogP) is 4.97. The Bertz CT molecular complexity index is 1570. The molecule has 2 amide bonds. The molecule has 0 saturated carbocycles. The van der Waals surface area contributed by atoms with Gasteiger partial charge in [0.25, 0.3) is 5.91 Å². The van der Waals surface area contributed by atoms with Gasteiger partial charge in [-0.1, -0.05) is 20.8 Å². The summed E-state index contributed by atoms with van der Waals surface area (Å²) in [5, 5.41) is 21.9. The Morgan fingerprint density at radius 1 is 0.884 bits per heavy atom. The number of carboxylic acids is 2. The molecule has 5 N–H and O–H groups in total. The Balaban J connectivity index is 1.75. The van der Waals surface area contributed by atoms with Crippen LogP contribution in [0.2, 0.25) is 0 Å². The quantitative estimate of drug-likeness (QED) is 0.221. The van der Waals surface area contributed by atoms with E-state index in [1.54, 1.807) is 0 Å². The number of hydrogen-bond acceptors (Lipinski definition) is 4. The van der Waals surface area contributed by atoms with Crippen molar-refractivity contribution in [3.05, 3.63) is 61.9 Å². The number of aromatic amines is 2. The maximum atomic E-state index is 12.4. The van der Waals surface area contributed by atoms with E-state index in [4.69, 9.17) is 0 Å². The second kappa shape index (κ2) is 13.0. The molecule has 10 heteroatoms. The van der Waals surface area contributed by atoms with Crippen molar-refractivity contribution in [1.82, 2.24) is 15.3 Å². The number of allylic oxidation sites excluding steroid dienone is 2. The minimum Gasteiger partial charge on any atom is -0.481 e. The Morgan fingerprint density at radius 2 is 1.49 bits per heavy atom. The topological polar surface area (TPSA) is 165 Å². The van der Waals surface area contributed by atoms with Crippen molar-refractivity contribution in [2.24, 2.45) is 16.8 Å². The number of carboxylic acid groups (broad SMARTS) is 2. The number of aromatic nitrogens is 2. The monoisotopic (exact) mass is 590 g/mol. The van der Waals surface area contributed by atoms with Crippen molar-refractivity contribution >= 4 is 35.5 Å². The van der Waals surface area contributed by atoms with Crippen LogP contribution in [0.5, 0.6) is 0 Å². The van der Waals surface area contributed by atoms with Crippen LogP contribution < -0.4 is 5.32 Å². The molecule has 43 heavy (non-hydrogen) atoms. The van der Waals surface area contributed by atoms with E-state index in [0.29, 0.717) is 37.8 Å². The van der Waals surface area contributed by atoms with Gasteiger partial charge in [0.05, 0.1) is 5.71 Å². The average molecular weight is 591 g/mol. The minimum absolute atomic E-state index is 0.00389. The fourth-order valence-corrected chi connectivity index (χ4v) is 6.46. The molecular weight excluding hydrogens is 548 g/mol. The van der Waals surface area contributed by atoms with Crippen molar-refractivity contribution in [3.8, 4) is 0 Å². The molecule has 4 rings (SSSR count). The summed E-state index contributed by atoms with van der Waals surface area (Å²) in [6.07, 6.45) is 4.82. The smallest absolute Gasteiger partial charge is 0.303 e. The molecule has 0 spiro atoms. The molecule has 2 aromatic heterocycles. The molecule has 2 aromatic rings. The molecule has 0 radical (unpaired) electrons. The molecule has 0 unspecified atom stereocenters. The summed E-state index contributed by atoms with van der Waals surface area (Å²) in [7, 11) is 0. The van der Waals surface area contributed by atoms with Gasteiger partial charge in [0, 0.05) is 71.6 Å². The Morgan fingerprint density at radius 3 is 2.05 bits per heavy atom. The van der Waals surface area contributed by atoms with Crippen LogP contribution in [-0.4, -0.2) is 49.6 Å². The number of amides is 2. The van der Waals surface area contributed by atoms with E-state index in [-0.39, 0.29) is 36.5 Å². The van der Waals surface area contributed by atoms with Crippen LogP contribution in [0.3, 0.4) is 0 Å². The van der Waals surface area contributed by atoms with Gasteiger partial charge >= 0.3 is 11.9 Å². The van der Waals surface area contributed by atoms with Gasteiger partial charge in [-0.2, -0.15) is 0 Å². The first-order valence-corrected chi connectivity index (χ1v) is 15.0. The number of aliphatic carboxylic acids is 2. The molecule has 230 valence electrons. The average Bonchev–Trinajstić information content (AvgIpc) is 3.59. The number of carbonyl (C=O) groups is 4. The fourth-order valence-electron chi connectivity index (χ4n) is 6.46. The van der Waals surface area contributed by atoms with E-state index in [1.165, 1.54) is 0 Å². The minimum atomic E-state index is -0.893. The normalized spacial score (nSPS) is 19.5. The van der Waals surface area contributed by atoms with Crippen LogP contribution in [0, 0.1) is 25.7 Å². The Hall–Kier alpha value is -4.21. The van der Waals surface area contributed by atoms with Crippen molar-refractivity contribution in [2.45, 2.75) is 92.9 Å². The van der Waals surface area contributed by atoms with Crippen LogP contribution in [-0.2, 0) is 44.9 Å². The molecular formula is C33H42N4O6. The van der Waals surface area contributed by atoms with Gasteiger partial charge in [-0.3, -0.25) is 19.2 Å². The summed E-state index contributed by atoms with van der Waals surface area (Å²) in [5.41, 5.74) is 10.2. The zero-order valence-electron chi connectivity index (χ0n) is 25.9. The third kappa shape index (κ3) is 6.58. The number of carbonyl (C=O) groups excluding carboxylic acids is 2. The lowest BCUT2D eigenvalue weighted by Crippen LogP contribution is -2.16. The van der Waals surface area contributed by atoms with Gasteiger partial charge in [-0.05, 0) is 80.4 Å². The van der Waals surface area contributed by atoms with E-state index < -0.39 is 11.9 Å². The van der Waals surface area contributed by atoms with Crippen molar-refractivity contribution in [1.29, 1.82) is 0 Å².